The minimum absolute atomic E-state index is 0.201. The van der Waals surface area contributed by atoms with Crippen LogP contribution in [-0.2, 0) is 6.42 Å². The van der Waals surface area contributed by atoms with E-state index in [2.05, 4.69) is 49.3 Å². The molecule has 102 valence electrons. The van der Waals surface area contributed by atoms with Gasteiger partial charge in [0.15, 0.2) is 0 Å². The fraction of sp³-hybridized carbons (Fsp3) is 0.417. The predicted molar refractivity (Wildman–Crippen MR) is 80.1 cm³/mol. The van der Waals surface area contributed by atoms with E-state index in [0.29, 0.717) is 11.9 Å². The lowest BCUT2D eigenvalue weighted by atomic mass is 10.2. The predicted octanol–water partition coefficient (Wildman–Crippen LogP) is 3.06. The molecule has 2 heterocycles. The normalized spacial score (nSPS) is 10.4. The maximum atomic E-state index is 5.87. The summed E-state index contributed by atoms with van der Waals surface area (Å²) in [6.45, 7) is 3.66. The number of aromatic nitrogens is 3. The maximum Gasteiger partial charge on any atom is 0.228 e. The lowest BCUT2D eigenvalue weighted by molar-refractivity contribution is 0.926. The van der Waals surface area contributed by atoms with Gasteiger partial charge < -0.3 is 10.6 Å². The molecule has 0 saturated heterocycles. The molecule has 2 aromatic heterocycles. The van der Waals surface area contributed by atoms with Crippen molar-refractivity contribution < 1.29 is 0 Å². The van der Waals surface area contributed by atoms with Crippen molar-refractivity contribution in [2.45, 2.75) is 19.8 Å². The zero-order valence-electron chi connectivity index (χ0n) is 10.7. The topological polar surface area (TPSA) is 62.7 Å². The first-order chi connectivity index (χ1) is 9.28. The van der Waals surface area contributed by atoms with Crippen LogP contribution >= 0.6 is 22.9 Å². The van der Waals surface area contributed by atoms with Gasteiger partial charge in [0.25, 0.3) is 0 Å². The van der Waals surface area contributed by atoms with Crippen LogP contribution in [0.5, 0.6) is 0 Å². The van der Waals surface area contributed by atoms with Gasteiger partial charge >= 0.3 is 0 Å². The van der Waals surface area contributed by atoms with Crippen LogP contribution in [0.25, 0.3) is 0 Å². The van der Waals surface area contributed by atoms with E-state index < -0.39 is 0 Å². The number of rotatable bonds is 7. The number of anilines is 2. The number of nitrogens with zero attached hydrogens (tertiary/aromatic N) is 3. The Bertz CT molecular complexity index is 503. The van der Waals surface area contributed by atoms with Gasteiger partial charge in [-0.05, 0) is 46.8 Å². The summed E-state index contributed by atoms with van der Waals surface area (Å²) in [6, 6.07) is 2.11. The Balaban J connectivity index is 1.90. The van der Waals surface area contributed by atoms with Gasteiger partial charge in [-0.15, -0.1) is 0 Å². The molecule has 0 atom stereocenters. The van der Waals surface area contributed by atoms with E-state index in [1.165, 1.54) is 5.56 Å². The largest absolute Gasteiger partial charge is 0.354 e. The lowest BCUT2D eigenvalue weighted by Gasteiger charge is -2.07. The zero-order chi connectivity index (χ0) is 13.5. The summed E-state index contributed by atoms with van der Waals surface area (Å²) >= 11 is 7.57. The van der Waals surface area contributed by atoms with E-state index in [1.54, 1.807) is 11.3 Å². The van der Waals surface area contributed by atoms with Gasteiger partial charge in [-0.25, -0.2) is 0 Å². The van der Waals surface area contributed by atoms with Crippen molar-refractivity contribution in [3.8, 4) is 0 Å². The van der Waals surface area contributed by atoms with Gasteiger partial charge in [0.05, 0.1) is 0 Å². The highest BCUT2D eigenvalue weighted by atomic mass is 35.5. The number of halogens is 1. The van der Waals surface area contributed by atoms with E-state index in [1.807, 2.05) is 0 Å². The van der Waals surface area contributed by atoms with Crippen LogP contribution in [0.3, 0.4) is 0 Å². The average Bonchev–Trinajstić information content (AvgIpc) is 2.89. The molecular weight excluding hydrogens is 282 g/mol. The molecule has 0 aliphatic heterocycles. The van der Waals surface area contributed by atoms with Crippen molar-refractivity contribution in [2.75, 3.05) is 23.7 Å². The zero-order valence-corrected chi connectivity index (χ0v) is 12.3. The van der Waals surface area contributed by atoms with Gasteiger partial charge in [-0.2, -0.15) is 26.3 Å². The summed E-state index contributed by atoms with van der Waals surface area (Å²) < 4.78 is 0. The van der Waals surface area contributed by atoms with Crippen LogP contribution in [0, 0.1) is 0 Å². The van der Waals surface area contributed by atoms with E-state index in [0.717, 1.165) is 25.9 Å². The number of hydrogen-bond acceptors (Lipinski definition) is 6. The van der Waals surface area contributed by atoms with Crippen molar-refractivity contribution in [2.24, 2.45) is 0 Å². The first kappa shape index (κ1) is 14.0. The highest BCUT2D eigenvalue weighted by Gasteiger charge is 2.04. The molecule has 0 fully saturated rings. The van der Waals surface area contributed by atoms with Gasteiger partial charge in [0, 0.05) is 13.1 Å². The minimum atomic E-state index is 0.201. The SMILES string of the molecule is CCCNc1nc(Cl)nc(NCCc2ccsc2)n1. The number of thiophene rings is 1. The summed E-state index contributed by atoms with van der Waals surface area (Å²) in [5, 5.41) is 10.7. The molecule has 0 aliphatic rings. The smallest absolute Gasteiger partial charge is 0.228 e. The van der Waals surface area contributed by atoms with Crippen LogP contribution in [-0.4, -0.2) is 28.0 Å². The molecule has 0 aliphatic carbocycles. The number of hydrogen-bond donors (Lipinski definition) is 2. The Morgan fingerprint density at radius 1 is 1.16 bits per heavy atom. The van der Waals surface area contributed by atoms with E-state index in [4.69, 9.17) is 11.6 Å². The Hall–Kier alpha value is -1.40. The van der Waals surface area contributed by atoms with Gasteiger partial charge in [0.2, 0.25) is 17.2 Å². The molecule has 2 aromatic rings. The van der Waals surface area contributed by atoms with Crippen LogP contribution in [0.4, 0.5) is 11.9 Å². The second-order valence-corrected chi connectivity index (χ2v) is 5.10. The Morgan fingerprint density at radius 2 is 1.89 bits per heavy atom. The van der Waals surface area contributed by atoms with Crippen molar-refractivity contribution in [3.63, 3.8) is 0 Å². The average molecular weight is 298 g/mol. The van der Waals surface area contributed by atoms with Crippen molar-refractivity contribution in [3.05, 3.63) is 27.7 Å². The molecule has 0 saturated carbocycles. The van der Waals surface area contributed by atoms with Crippen LogP contribution in [0.1, 0.15) is 18.9 Å². The summed E-state index contributed by atoms with van der Waals surface area (Å²) in [5.74, 6) is 1.02. The third-order valence-electron chi connectivity index (χ3n) is 2.42. The molecule has 0 aromatic carbocycles. The third-order valence-corrected chi connectivity index (χ3v) is 3.32. The first-order valence-electron chi connectivity index (χ1n) is 6.18. The highest BCUT2D eigenvalue weighted by Crippen LogP contribution is 2.10. The fourth-order valence-electron chi connectivity index (χ4n) is 1.50. The third kappa shape index (κ3) is 4.65. The quantitative estimate of drug-likeness (QED) is 0.822. The van der Waals surface area contributed by atoms with Crippen LogP contribution in [0.2, 0.25) is 5.28 Å². The molecule has 7 heteroatoms. The van der Waals surface area contributed by atoms with E-state index in [9.17, 15) is 0 Å². The summed E-state index contributed by atoms with van der Waals surface area (Å²) in [5.41, 5.74) is 1.31. The Labute approximate surface area is 121 Å². The van der Waals surface area contributed by atoms with E-state index in [-0.39, 0.29) is 5.28 Å². The Kier molecular flexibility index (Phi) is 5.35. The number of nitrogens with one attached hydrogen (secondary N) is 2. The van der Waals surface area contributed by atoms with Crippen molar-refractivity contribution in [1.29, 1.82) is 0 Å². The van der Waals surface area contributed by atoms with Gasteiger partial charge in [-0.3, -0.25) is 0 Å². The first-order valence-corrected chi connectivity index (χ1v) is 7.50. The molecule has 0 unspecified atom stereocenters. The lowest BCUT2D eigenvalue weighted by Crippen LogP contribution is -2.11. The monoisotopic (exact) mass is 297 g/mol. The van der Waals surface area contributed by atoms with Crippen LogP contribution in [0.15, 0.2) is 16.8 Å². The van der Waals surface area contributed by atoms with Gasteiger partial charge in [-0.1, -0.05) is 6.92 Å². The molecule has 5 nitrogen and oxygen atoms in total. The molecule has 0 spiro atoms. The Morgan fingerprint density at radius 3 is 2.53 bits per heavy atom. The molecule has 0 radical (unpaired) electrons. The fourth-order valence-corrected chi connectivity index (χ4v) is 2.36. The summed E-state index contributed by atoms with van der Waals surface area (Å²) in [4.78, 5) is 12.3. The molecule has 19 heavy (non-hydrogen) atoms. The second kappa shape index (κ2) is 7.25. The summed E-state index contributed by atoms with van der Waals surface area (Å²) in [6.07, 6.45) is 1.94. The van der Waals surface area contributed by atoms with E-state index >= 15 is 0 Å². The molecule has 2 N–H and O–H groups in total. The molecule has 0 bridgehead atoms. The molecule has 2 rings (SSSR count). The molecular formula is C12H16ClN5S. The standard InChI is InChI=1S/C12H16ClN5S/c1-2-5-14-11-16-10(13)17-12(18-11)15-6-3-9-4-7-19-8-9/h4,7-8H,2-3,5-6H2,1H3,(H2,14,15,16,17,18). The van der Waals surface area contributed by atoms with Crippen LogP contribution < -0.4 is 10.6 Å². The summed E-state index contributed by atoms with van der Waals surface area (Å²) in [7, 11) is 0. The van der Waals surface area contributed by atoms with Crippen molar-refractivity contribution >= 4 is 34.8 Å². The second-order valence-electron chi connectivity index (χ2n) is 3.99. The van der Waals surface area contributed by atoms with Crippen molar-refractivity contribution in [1.82, 2.24) is 15.0 Å². The highest BCUT2D eigenvalue weighted by molar-refractivity contribution is 7.07. The minimum Gasteiger partial charge on any atom is -0.354 e. The van der Waals surface area contributed by atoms with Gasteiger partial charge in [0.1, 0.15) is 0 Å². The maximum absolute atomic E-state index is 5.87. The molecule has 0 amide bonds.